The second kappa shape index (κ2) is 5.51. The smallest absolute Gasteiger partial charge is 0.268 e. The Morgan fingerprint density at radius 1 is 1.42 bits per heavy atom. The van der Waals surface area contributed by atoms with Gasteiger partial charge in [-0.25, -0.2) is 4.98 Å². The van der Waals surface area contributed by atoms with E-state index < -0.39 is 0 Å². The summed E-state index contributed by atoms with van der Waals surface area (Å²) in [6.07, 6.45) is 2.42. The van der Waals surface area contributed by atoms with E-state index in [-0.39, 0.29) is 23.2 Å². The van der Waals surface area contributed by atoms with Gasteiger partial charge in [-0.05, 0) is 19.4 Å². The molecule has 0 aliphatic carbocycles. The minimum atomic E-state index is -0.321. The molecule has 6 nitrogen and oxygen atoms in total. The lowest BCUT2D eigenvalue weighted by atomic mass is 10.2. The van der Waals surface area contributed by atoms with E-state index in [9.17, 15) is 9.59 Å². The second-order valence-electron chi connectivity index (χ2n) is 4.31. The van der Waals surface area contributed by atoms with Crippen LogP contribution in [0.2, 0.25) is 0 Å². The van der Waals surface area contributed by atoms with Crippen molar-refractivity contribution in [3.05, 3.63) is 52.0 Å². The molecule has 0 aliphatic rings. The van der Waals surface area contributed by atoms with Crippen molar-refractivity contribution in [2.75, 3.05) is 0 Å². The Labute approximate surface area is 110 Å². The molecule has 19 heavy (non-hydrogen) atoms. The molecule has 2 aromatic rings. The van der Waals surface area contributed by atoms with Gasteiger partial charge in [-0.2, -0.15) is 0 Å². The van der Waals surface area contributed by atoms with E-state index in [4.69, 9.17) is 0 Å². The van der Waals surface area contributed by atoms with Crippen LogP contribution in [-0.2, 0) is 0 Å². The van der Waals surface area contributed by atoms with Crippen LogP contribution in [0.4, 0.5) is 0 Å². The molecule has 3 N–H and O–H groups in total. The fourth-order valence-corrected chi connectivity index (χ4v) is 1.79. The molecule has 2 rings (SSSR count). The molecule has 0 bridgehead atoms. The lowest BCUT2D eigenvalue weighted by Gasteiger charge is -2.14. The standard InChI is InChI=1S/C13H16N4O2/c1-3-9(12-14-7-8(2)15-12)17-13(19)10-5-4-6-11(18)16-10/h4-7,9H,3H2,1-2H3,(H,14,15)(H,16,18)(H,17,19)/t9-/m1/s1. The zero-order chi connectivity index (χ0) is 13.8. The lowest BCUT2D eigenvalue weighted by Crippen LogP contribution is -2.30. The molecule has 0 saturated carbocycles. The van der Waals surface area contributed by atoms with Crippen LogP contribution in [0.1, 0.15) is 41.4 Å². The molecule has 0 radical (unpaired) electrons. The van der Waals surface area contributed by atoms with E-state index in [0.29, 0.717) is 12.2 Å². The van der Waals surface area contributed by atoms with Gasteiger partial charge in [0.25, 0.3) is 5.91 Å². The van der Waals surface area contributed by atoms with Crippen molar-refractivity contribution in [2.45, 2.75) is 26.3 Å². The number of H-pyrrole nitrogens is 2. The summed E-state index contributed by atoms with van der Waals surface area (Å²) in [5, 5.41) is 2.84. The number of amides is 1. The monoisotopic (exact) mass is 260 g/mol. The quantitative estimate of drug-likeness (QED) is 0.773. The van der Waals surface area contributed by atoms with Crippen molar-refractivity contribution in [2.24, 2.45) is 0 Å². The van der Waals surface area contributed by atoms with Gasteiger partial charge in [-0.15, -0.1) is 0 Å². The Bertz CT molecular complexity index is 629. The highest BCUT2D eigenvalue weighted by Gasteiger charge is 2.16. The predicted octanol–water partition coefficient (Wildman–Crippen LogP) is 1.29. The third kappa shape index (κ3) is 3.09. The zero-order valence-electron chi connectivity index (χ0n) is 10.9. The van der Waals surface area contributed by atoms with Crippen LogP contribution in [0.5, 0.6) is 0 Å². The summed E-state index contributed by atoms with van der Waals surface area (Å²) in [4.78, 5) is 33.0. The van der Waals surface area contributed by atoms with Crippen molar-refractivity contribution in [1.82, 2.24) is 20.3 Å². The Balaban J connectivity index is 2.15. The minimum Gasteiger partial charge on any atom is -0.344 e. The SMILES string of the molecule is CC[C@@H](NC(=O)c1cccc(=O)[nH]1)c1ncc(C)[nH]1. The Hall–Kier alpha value is -2.37. The Morgan fingerprint density at radius 3 is 2.79 bits per heavy atom. The Morgan fingerprint density at radius 2 is 2.21 bits per heavy atom. The molecule has 2 aromatic heterocycles. The number of carbonyl (C=O) groups is 1. The third-order valence-electron chi connectivity index (χ3n) is 2.78. The molecule has 0 saturated heterocycles. The molecule has 0 spiro atoms. The Kier molecular flexibility index (Phi) is 3.79. The average molecular weight is 260 g/mol. The normalized spacial score (nSPS) is 12.1. The van der Waals surface area contributed by atoms with E-state index in [1.807, 2.05) is 13.8 Å². The minimum absolute atomic E-state index is 0.204. The fourth-order valence-electron chi connectivity index (χ4n) is 1.79. The van der Waals surface area contributed by atoms with Crippen molar-refractivity contribution in [1.29, 1.82) is 0 Å². The number of nitrogens with zero attached hydrogens (tertiary/aromatic N) is 1. The first kappa shape index (κ1) is 13.1. The highest BCUT2D eigenvalue weighted by molar-refractivity contribution is 5.92. The zero-order valence-corrected chi connectivity index (χ0v) is 10.9. The van der Waals surface area contributed by atoms with E-state index >= 15 is 0 Å². The van der Waals surface area contributed by atoms with Gasteiger partial charge >= 0.3 is 0 Å². The predicted molar refractivity (Wildman–Crippen MR) is 70.9 cm³/mol. The molecule has 0 aliphatic heterocycles. The average Bonchev–Trinajstić information content (AvgIpc) is 2.82. The van der Waals surface area contributed by atoms with Crippen molar-refractivity contribution < 1.29 is 4.79 Å². The molecule has 1 atom stereocenters. The molecule has 100 valence electrons. The van der Waals surface area contributed by atoms with Gasteiger partial charge < -0.3 is 15.3 Å². The number of nitrogens with one attached hydrogen (secondary N) is 3. The van der Waals surface area contributed by atoms with Gasteiger partial charge in [0.2, 0.25) is 5.56 Å². The second-order valence-corrected chi connectivity index (χ2v) is 4.31. The highest BCUT2D eigenvalue weighted by atomic mass is 16.2. The third-order valence-corrected chi connectivity index (χ3v) is 2.78. The number of pyridine rings is 1. The van der Waals surface area contributed by atoms with E-state index in [2.05, 4.69) is 20.3 Å². The summed E-state index contributed by atoms with van der Waals surface area (Å²) in [5.41, 5.74) is 0.889. The maximum absolute atomic E-state index is 12.0. The molecule has 6 heteroatoms. The summed E-state index contributed by atoms with van der Waals surface area (Å²) in [5.74, 6) is 0.394. The topological polar surface area (TPSA) is 90.6 Å². The molecular weight excluding hydrogens is 244 g/mol. The number of aryl methyl sites for hydroxylation is 1. The van der Waals surface area contributed by atoms with Crippen LogP contribution in [0, 0.1) is 6.92 Å². The summed E-state index contributed by atoms with van der Waals surface area (Å²) >= 11 is 0. The van der Waals surface area contributed by atoms with Gasteiger partial charge in [0.05, 0.1) is 6.04 Å². The van der Waals surface area contributed by atoms with Crippen LogP contribution < -0.4 is 10.9 Å². The number of aromatic nitrogens is 3. The molecule has 1 amide bonds. The van der Waals surface area contributed by atoms with Crippen molar-refractivity contribution in [3.63, 3.8) is 0 Å². The summed E-state index contributed by atoms with van der Waals surface area (Å²) in [7, 11) is 0. The van der Waals surface area contributed by atoms with Crippen LogP contribution in [0.15, 0.2) is 29.2 Å². The number of hydrogen-bond acceptors (Lipinski definition) is 3. The summed E-state index contributed by atoms with van der Waals surface area (Å²) in [6, 6.07) is 4.27. The maximum Gasteiger partial charge on any atom is 0.268 e. The number of hydrogen-bond donors (Lipinski definition) is 3. The maximum atomic E-state index is 12.0. The molecular formula is C13H16N4O2. The first-order valence-electron chi connectivity index (χ1n) is 6.12. The summed E-state index contributed by atoms with van der Waals surface area (Å²) in [6.45, 7) is 3.86. The van der Waals surface area contributed by atoms with E-state index in [1.54, 1.807) is 18.3 Å². The number of rotatable bonds is 4. The van der Waals surface area contributed by atoms with Crippen LogP contribution in [-0.4, -0.2) is 20.9 Å². The first-order valence-corrected chi connectivity index (χ1v) is 6.12. The fraction of sp³-hybridized carbons (Fsp3) is 0.308. The van der Waals surface area contributed by atoms with E-state index in [0.717, 1.165) is 5.69 Å². The molecule has 0 unspecified atom stereocenters. The van der Waals surface area contributed by atoms with Crippen LogP contribution in [0.25, 0.3) is 0 Å². The lowest BCUT2D eigenvalue weighted by molar-refractivity contribution is 0.0928. The van der Waals surface area contributed by atoms with E-state index in [1.165, 1.54) is 6.07 Å². The number of aromatic amines is 2. The summed E-state index contributed by atoms with van der Waals surface area (Å²) < 4.78 is 0. The number of carbonyl (C=O) groups excluding carboxylic acids is 1. The first-order chi connectivity index (χ1) is 9.10. The van der Waals surface area contributed by atoms with Crippen molar-refractivity contribution >= 4 is 5.91 Å². The number of imidazole rings is 1. The van der Waals surface area contributed by atoms with Crippen molar-refractivity contribution in [3.8, 4) is 0 Å². The molecule has 2 heterocycles. The van der Waals surface area contributed by atoms with Gasteiger partial charge in [0, 0.05) is 18.0 Å². The molecule has 0 fully saturated rings. The van der Waals surface area contributed by atoms with Gasteiger partial charge in [0.15, 0.2) is 0 Å². The van der Waals surface area contributed by atoms with Gasteiger partial charge in [-0.1, -0.05) is 13.0 Å². The van der Waals surface area contributed by atoms with Gasteiger partial charge in [0.1, 0.15) is 11.5 Å². The van der Waals surface area contributed by atoms with Crippen LogP contribution in [0.3, 0.4) is 0 Å². The molecule has 0 aromatic carbocycles. The van der Waals surface area contributed by atoms with Gasteiger partial charge in [-0.3, -0.25) is 9.59 Å². The highest BCUT2D eigenvalue weighted by Crippen LogP contribution is 2.13. The largest absolute Gasteiger partial charge is 0.344 e. The van der Waals surface area contributed by atoms with Crippen LogP contribution >= 0.6 is 0 Å².